The Balaban J connectivity index is 2.43. The highest BCUT2D eigenvalue weighted by atomic mass is 16.3. The summed E-state index contributed by atoms with van der Waals surface area (Å²) in [5.74, 6) is 1.44. The summed E-state index contributed by atoms with van der Waals surface area (Å²) in [6, 6.07) is 13.0. The lowest BCUT2D eigenvalue weighted by Crippen LogP contribution is -2.06. The Morgan fingerprint density at radius 1 is 0.850 bits per heavy atom. The minimum atomic E-state index is 0.277. The zero-order chi connectivity index (χ0) is 14.7. The van der Waals surface area contributed by atoms with E-state index in [2.05, 4.69) is 26.8 Å². The van der Waals surface area contributed by atoms with Gasteiger partial charge in [0.05, 0.1) is 0 Å². The molecule has 0 aliphatic rings. The van der Waals surface area contributed by atoms with Crippen LogP contribution in [0.4, 0.5) is 0 Å². The van der Waals surface area contributed by atoms with Crippen LogP contribution in [0.2, 0.25) is 0 Å². The second kappa shape index (κ2) is 6.00. The van der Waals surface area contributed by atoms with Crippen molar-refractivity contribution in [2.45, 2.75) is 33.1 Å². The first-order chi connectivity index (χ1) is 9.50. The smallest absolute Gasteiger partial charge is 0.119 e. The van der Waals surface area contributed by atoms with Gasteiger partial charge in [-0.2, -0.15) is 0 Å². The average Bonchev–Trinajstić information content (AvgIpc) is 2.42. The Labute approximate surface area is 120 Å². The Bertz CT molecular complexity index is 588. The average molecular weight is 270 g/mol. The van der Waals surface area contributed by atoms with Gasteiger partial charge in [-0.3, -0.25) is 0 Å². The zero-order valence-corrected chi connectivity index (χ0v) is 12.3. The summed E-state index contributed by atoms with van der Waals surface area (Å²) in [6.45, 7) is 6.53. The quantitative estimate of drug-likeness (QED) is 0.861. The van der Waals surface area contributed by atoms with Crippen LogP contribution in [-0.4, -0.2) is 10.2 Å². The van der Waals surface area contributed by atoms with Gasteiger partial charge in [-0.15, -0.1) is 0 Å². The van der Waals surface area contributed by atoms with Gasteiger partial charge < -0.3 is 10.2 Å². The monoisotopic (exact) mass is 270 g/mol. The van der Waals surface area contributed by atoms with Crippen molar-refractivity contribution in [1.82, 2.24) is 0 Å². The zero-order valence-electron chi connectivity index (χ0n) is 12.3. The van der Waals surface area contributed by atoms with Crippen molar-refractivity contribution in [2.24, 2.45) is 5.92 Å². The number of aromatic hydroxyl groups is 2. The maximum atomic E-state index is 10.2. The van der Waals surface area contributed by atoms with Crippen molar-refractivity contribution in [3.63, 3.8) is 0 Å². The molecule has 2 aromatic carbocycles. The van der Waals surface area contributed by atoms with Gasteiger partial charge in [-0.1, -0.05) is 51.1 Å². The van der Waals surface area contributed by atoms with Crippen molar-refractivity contribution in [1.29, 1.82) is 0 Å². The predicted octanol–water partition coefficient (Wildman–Crippen LogP) is 4.45. The molecular formula is C18H22O2. The third-order valence-corrected chi connectivity index (χ3v) is 4.04. The Morgan fingerprint density at radius 2 is 1.50 bits per heavy atom. The lowest BCUT2D eigenvalue weighted by atomic mass is 9.85. The maximum absolute atomic E-state index is 10.2. The fourth-order valence-electron chi connectivity index (χ4n) is 2.42. The fourth-order valence-corrected chi connectivity index (χ4v) is 2.42. The van der Waals surface area contributed by atoms with Gasteiger partial charge in [0, 0.05) is 12.0 Å². The van der Waals surface area contributed by atoms with Gasteiger partial charge in [0.15, 0.2) is 0 Å². The highest BCUT2D eigenvalue weighted by Gasteiger charge is 2.17. The summed E-state index contributed by atoms with van der Waals surface area (Å²) in [4.78, 5) is 0. The molecule has 2 N–H and O–H groups in total. The molecule has 0 spiro atoms. The third kappa shape index (κ3) is 2.96. The van der Waals surface area contributed by atoms with Gasteiger partial charge >= 0.3 is 0 Å². The molecule has 0 radical (unpaired) electrons. The minimum Gasteiger partial charge on any atom is -0.508 e. The molecule has 0 saturated heterocycles. The number of rotatable bonds is 4. The molecule has 1 atom stereocenters. The van der Waals surface area contributed by atoms with Crippen LogP contribution in [-0.2, 0) is 6.42 Å². The number of para-hydroxylation sites is 1. The number of hydrogen-bond acceptors (Lipinski definition) is 2. The van der Waals surface area contributed by atoms with Crippen molar-refractivity contribution in [3.8, 4) is 11.5 Å². The summed E-state index contributed by atoms with van der Waals surface area (Å²) in [5.41, 5.74) is 2.91. The molecule has 2 nitrogen and oxygen atoms in total. The number of phenols is 2. The molecule has 20 heavy (non-hydrogen) atoms. The second-order valence-electron chi connectivity index (χ2n) is 5.68. The first kappa shape index (κ1) is 14.4. The molecule has 0 heterocycles. The maximum Gasteiger partial charge on any atom is 0.119 e. The molecule has 0 aromatic heterocycles. The van der Waals surface area contributed by atoms with Crippen molar-refractivity contribution < 1.29 is 10.2 Å². The second-order valence-corrected chi connectivity index (χ2v) is 5.68. The van der Waals surface area contributed by atoms with Crippen LogP contribution in [0.3, 0.4) is 0 Å². The lowest BCUT2D eigenvalue weighted by molar-refractivity contribution is 0.458. The SMILES string of the molecule is CC(C)C(C)c1cccc(O)c1Cc1ccccc1O. The van der Waals surface area contributed by atoms with E-state index in [4.69, 9.17) is 0 Å². The molecule has 106 valence electrons. The van der Waals surface area contributed by atoms with Crippen LogP contribution >= 0.6 is 0 Å². The minimum absolute atomic E-state index is 0.277. The highest BCUT2D eigenvalue weighted by Crippen LogP contribution is 2.34. The van der Waals surface area contributed by atoms with Gasteiger partial charge in [-0.25, -0.2) is 0 Å². The molecule has 0 amide bonds. The van der Waals surface area contributed by atoms with Crippen molar-refractivity contribution >= 4 is 0 Å². The first-order valence-corrected chi connectivity index (χ1v) is 7.08. The van der Waals surface area contributed by atoms with Crippen molar-refractivity contribution in [3.05, 3.63) is 59.2 Å². The number of hydrogen-bond donors (Lipinski definition) is 2. The van der Waals surface area contributed by atoms with E-state index < -0.39 is 0 Å². The molecule has 0 fully saturated rings. The summed E-state index contributed by atoms with van der Waals surface area (Å²) < 4.78 is 0. The van der Waals surface area contributed by atoms with E-state index in [0.29, 0.717) is 24.0 Å². The predicted molar refractivity (Wildman–Crippen MR) is 82.3 cm³/mol. The molecular weight excluding hydrogens is 248 g/mol. The number of benzene rings is 2. The van der Waals surface area contributed by atoms with Gasteiger partial charge in [0.2, 0.25) is 0 Å². The van der Waals surface area contributed by atoms with Crippen LogP contribution in [0.25, 0.3) is 0 Å². The number of phenolic OH excluding ortho intramolecular Hbond substituents is 2. The molecule has 2 heteroatoms. The van der Waals surface area contributed by atoms with E-state index in [0.717, 1.165) is 16.7 Å². The molecule has 2 aromatic rings. The van der Waals surface area contributed by atoms with Crippen LogP contribution in [0, 0.1) is 5.92 Å². The Morgan fingerprint density at radius 3 is 2.15 bits per heavy atom. The Hall–Kier alpha value is -1.96. The van der Waals surface area contributed by atoms with Crippen LogP contribution < -0.4 is 0 Å². The summed E-state index contributed by atoms with van der Waals surface area (Å²) >= 11 is 0. The van der Waals surface area contributed by atoms with Crippen molar-refractivity contribution in [2.75, 3.05) is 0 Å². The molecule has 0 aliphatic heterocycles. The fraction of sp³-hybridized carbons (Fsp3) is 0.333. The molecule has 0 bridgehead atoms. The normalized spacial score (nSPS) is 12.6. The molecule has 2 rings (SSSR count). The first-order valence-electron chi connectivity index (χ1n) is 7.08. The Kier molecular flexibility index (Phi) is 4.33. The van der Waals surface area contributed by atoms with E-state index in [-0.39, 0.29) is 5.75 Å². The van der Waals surface area contributed by atoms with Gasteiger partial charge in [0.25, 0.3) is 0 Å². The van der Waals surface area contributed by atoms with E-state index >= 15 is 0 Å². The van der Waals surface area contributed by atoms with Crippen LogP contribution in [0.15, 0.2) is 42.5 Å². The van der Waals surface area contributed by atoms with Gasteiger partial charge in [0.1, 0.15) is 11.5 Å². The van der Waals surface area contributed by atoms with E-state index in [1.807, 2.05) is 18.2 Å². The molecule has 0 aliphatic carbocycles. The largest absolute Gasteiger partial charge is 0.508 e. The van der Waals surface area contributed by atoms with E-state index in [9.17, 15) is 10.2 Å². The summed E-state index contributed by atoms with van der Waals surface area (Å²) in [7, 11) is 0. The summed E-state index contributed by atoms with van der Waals surface area (Å²) in [5, 5.41) is 20.1. The standard InChI is InChI=1S/C18H22O2/c1-12(2)13(3)15-8-6-10-18(20)16(15)11-14-7-4-5-9-17(14)19/h4-10,12-13,19-20H,11H2,1-3H3. The molecule has 0 saturated carbocycles. The lowest BCUT2D eigenvalue weighted by Gasteiger charge is -2.21. The van der Waals surface area contributed by atoms with Crippen LogP contribution in [0.1, 0.15) is 43.4 Å². The topological polar surface area (TPSA) is 40.5 Å². The summed E-state index contributed by atoms with van der Waals surface area (Å²) in [6.07, 6.45) is 0.547. The van der Waals surface area contributed by atoms with Gasteiger partial charge in [-0.05, 0) is 35.1 Å². The van der Waals surface area contributed by atoms with E-state index in [1.165, 1.54) is 0 Å². The highest BCUT2D eigenvalue weighted by molar-refractivity contribution is 5.46. The van der Waals surface area contributed by atoms with E-state index in [1.54, 1.807) is 18.2 Å². The third-order valence-electron chi connectivity index (χ3n) is 4.04. The van der Waals surface area contributed by atoms with Crippen LogP contribution in [0.5, 0.6) is 11.5 Å². The molecule has 1 unspecified atom stereocenters.